The number of hydrogen-bond acceptors (Lipinski definition) is 4. The fraction of sp³-hybridized carbons (Fsp3) is 0.667. The minimum atomic E-state index is -4.15. The summed E-state index contributed by atoms with van der Waals surface area (Å²) in [5.41, 5.74) is 0.779. The van der Waals surface area contributed by atoms with Crippen LogP contribution in [-0.2, 0) is 6.54 Å². The van der Waals surface area contributed by atoms with Crippen molar-refractivity contribution in [1.82, 2.24) is 15.3 Å². The highest BCUT2D eigenvalue weighted by Crippen LogP contribution is 2.20. The third-order valence-electron chi connectivity index (χ3n) is 2.55. The summed E-state index contributed by atoms with van der Waals surface area (Å²) in [6.07, 6.45) is -0.885. The Labute approximate surface area is 111 Å². The number of nitrogens with one attached hydrogen (secondary N) is 1. The van der Waals surface area contributed by atoms with Gasteiger partial charge in [-0.15, -0.1) is 0 Å². The van der Waals surface area contributed by atoms with Gasteiger partial charge in [0.1, 0.15) is 5.82 Å². The Balaban J connectivity index is 2.46. The number of aromatic nitrogens is 2. The molecule has 0 radical (unpaired) electrons. The molecule has 0 aliphatic heterocycles. The van der Waals surface area contributed by atoms with Gasteiger partial charge in [0.05, 0.1) is 24.5 Å². The molecule has 0 saturated heterocycles. The molecule has 7 heteroatoms. The number of anilines is 1. The highest BCUT2D eigenvalue weighted by Gasteiger charge is 2.27. The second-order valence-corrected chi connectivity index (χ2v) is 4.33. The van der Waals surface area contributed by atoms with Crippen LogP contribution in [0.5, 0.6) is 0 Å². The summed E-state index contributed by atoms with van der Waals surface area (Å²) in [5, 5.41) is 3.18. The lowest BCUT2D eigenvalue weighted by Crippen LogP contribution is -2.25. The van der Waals surface area contributed by atoms with Gasteiger partial charge in [-0.3, -0.25) is 4.98 Å². The third kappa shape index (κ3) is 6.37. The molecule has 0 unspecified atom stereocenters. The van der Waals surface area contributed by atoms with Gasteiger partial charge < -0.3 is 10.2 Å². The first-order chi connectivity index (χ1) is 8.92. The second kappa shape index (κ2) is 7.28. The van der Waals surface area contributed by atoms with E-state index in [-0.39, 0.29) is 6.54 Å². The summed E-state index contributed by atoms with van der Waals surface area (Å²) in [7, 11) is 1.57. The molecule has 0 atom stereocenters. The molecule has 108 valence electrons. The minimum Gasteiger partial charge on any atom is -0.358 e. The summed E-state index contributed by atoms with van der Waals surface area (Å²) in [6, 6.07) is 0. The molecule has 0 aliphatic rings. The summed E-state index contributed by atoms with van der Waals surface area (Å²) in [6.45, 7) is 3.46. The summed E-state index contributed by atoms with van der Waals surface area (Å²) >= 11 is 0. The lowest BCUT2D eigenvalue weighted by atomic mass is 10.3. The van der Waals surface area contributed by atoms with Crippen molar-refractivity contribution in [1.29, 1.82) is 0 Å². The fourth-order valence-corrected chi connectivity index (χ4v) is 1.44. The predicted molar refractivity (Wildman–Crippen MR) is 68.0 cm³/mol. The van der Waals surface area contributed by atoms with E-state index in [4.69, 9.17) is 0 Å². The number of halogens is 3. The molecule has 0 bridgehead atoms. The number of hydrogen-bond donors (Lipinski definition) is 1. The molecular weight excluding hydrogens is 257 g/mol. The van der Waals surface area contributed by atoms with E-state index >= 15 is 0 Å². The summed E-state index contributed by atoms with van der Waals surface area (Å²) in [4.78, 5) is 9.73. The minimum absolute atomic E-state index is 0.119. The summed E-state index contributed by atoms with van der Waals surface area (Å²) in [5.74, 6) is 0.448. The van der Waals surface area contributed by atoms with Crippen LogP contribution in [-0.4, -0.2) is 36.3 Å². The van der Waals surface area contributed by atoms with E-state index in [1.807, 2.05) is 0 Å². The van der Waals surface area contributed by atoms with Crippen LogP contribution >= 0.6 is 0 Å². The zero-order chi connectivity index (χ0) is 14.3. The van der Waals surface area contributed by atoms with Crippen molar-refractivity contribution in [3.63, 3.8) is 0 Å². The van der Waals surface area contributed by atoms with Gasteiger partial charge in [-0.05, 0) is 13.0 Å². The molecule has 1 aromatic rings. The molecule has 0 aromatic carbocycles. The normalized spacial score (nSPS) is 11.6. The van der Waals surface area contributed by atoms with Crippen LogP contribution in [0.15, 0.2) is 12.4 Å². The highest BCUT2D eigenvalue weighted by molar-refractivity contribution is 5.34. The summed E-state index contributed by atoms with van der Waals surface area (Å²) < 4.78 is 36.3. The van der Waals surface area contributed by atoms with Crippen LogP contribution in [0.2, 0.25) is 0 Å². The van der Waals surface area contributed by atoms with E-state index in [0.717, 1.165) is 18.7 Å². The molecule has 1 aromatic heterocycles. The first-order valence-corrected chi connectivity index (χ1v) is 6.22. The van der Waals surface area contributed by atoms with E-state index in [0.29, 0.717) is 12.4 Å². The molecule has 0 aliphatic carbocycles. The number of rotatable bonds is 7. The van der Waals surface area contributed by atoms with Crippen LogP contribution in [0.25, 0.3) is 0 Å². The maximum Gasteiger partial charge on any atom is 0.390 e. The van der Waals surface area contributed by atoms with Gasteiger partial charge >= 0.3 is 6.18 Å². The van der Waals surface area contributed by atoms with Gasteiger partial charge in [0.15, 0.2) is 0 Å². The Morgan fingerprint density at radius 2 is 2.00 bits per heavy atom. The average molecular weight is 276 g/mol. The predicted octanol–water partition coefficient (Wildman–Crippen LogP) is 2.36. The SMILES string of the molecule is CCCNCc1cnc(N(C)CCC(F)(F)F)cn1. The molecule has 0 saturated carbocycles. The van der Waals surface area contributed by atoms with Gasteiger partial charge in [-0.1, -0.05) is 6.92 Å². The first kappa shape index (κ1) is 15.7. The molecule has 1 rings (SSSR count). The Morgan fingerprint density at radius 3 is 2.53 bits per heavy atom. The monoisotopic (exact) mass is 276 g/mol. The zero-order valence-electron chi connectivity index (χ0n) is 11.2. The van der Waals surface area contributed by atoms with Gasteiger partial charge in [-0.2, -0.15) is 13.2 Å². The number of alkyl halides is 3. The second-order valence-electron chi connectivity index (χ2n) is 4.33. The molecule has 0 spiro atoms. The molecule has 1 heterocycles. The molecule has 1 N–H and O–H groups in total. The highest BCUT2D eigenvalue weighted by atomic mass is 19.4. The Kier molecular flexibility index (Phi) is 6.01. The van der Waals surface area contributed by atoms with Crippen LogP contribution in [0.3, 0.4) is 0 Å². The van der Waals surface area contributed by atoms with E-state index in [1.54, 1.807) is 13.2 Å². The van der Waals surface area contributed by atoms with Gasteiger partial charge in [0.2, 0.25) is 0 Å². The van der Waals surface area contributed by atoms with E-state index in [1.165, 1.54) is 11.1 Å². The van der Waals surface area contributed by atoms with Crippen molar-refractivity contribution in [2.75, 3.05) is 25.0 Å². The van der Waals surface area contributed by atoms with Crippen LogP contribution in [0, 0.1) is 0 Å². The molecule has 0 amide bonds. The molecule has 4 nitrogen and oxygen atoms in total. The average Bonchev–Trinajstić information content (AvgIpc) is 2.36. The lowest BCUT2D eigenvalue weighted by molar-refractivity contribution is -0.132. The molecule has 0 fully saturated rings. The van der Waals surface area contributed by atoms with Crippen molar-refractivity contribution in [3.8, 4) is 0 Å². The van der Waals surface area contributed by atoms with Gasteiger partial charge in [0, 0.05) is 20.1 Å². The Hall–Kier alpha value is -1.37. The van der Waals surface area contributed by atoms with Crippen molar-refractivity contribution < 1.29 is 13.2 Å². The van der Waals surface area contributed by atoms with Crippen molar-refractivity contribution in [2.45, 2.75) is 32.5 Å². The van der Waals surface area contributed by atoms with Crippen LogP contribution in [0.4, 0.5) is 19.0 Å². The smallest absolute Gasteiger partial charge is 0.358 e. The maximum atomic E-state index is 12.1. The molecular formula is C12H19F3N4. The van der Waals surface area contributed by atoms with E-state index < -0.39 is 12.6 Å². The zero-order valence-corrected chi connectivity index (χ0v) is 11.2. The third-order valence-corrected chi connectivity index (χ3v) is 2.55. The molecule has 19 heavy (non-hydrogen) atoms. The Bertz CT molecular complexity index is 364. The quantitative estimate of drug-likeness (QED) is 0.776. The van der Waals surface area contributed by atoms with Crippen molar-refractivity contribution in [3.05, 3.63) is 18.1 Å². The van der Waals surface area contributed by atoms with Crippen molar-refractivity contribution in [2.24, 2.45) is 0 Å². The first-order valence-electron chi connectivity index (χ1n) is 6.22. The standard InChI is InChI=1S/C12H19F3N4/c1-3-5-16-7-10-8-18-11(9-17-10)19(2)6-4-12(13,14)15/h8-9,16H,3-7H2,1-2H3. The lowest BCUT2D eigenvalue weighted by Gasteiger charge is -2.18. The van der Waals surface area contributed by atoms with E-state index in [2.05, 4.69) is 22.2 Å². The van der Waals surface area contributed by atoms with E-state index in [9.17, 15) is 13.2 Å². The van der Waals surface area contributed by atoms with Gasteiger partial charge in [-0.25, -0.2) is 4.98 Å². The number of nitrogens with zero attached hydrogens (tertiary/aromatic N) is 3. The van der Waals surface area contributed by atoms with Crippen LogP contribution in [0.1, 0.15) is 25.5 Å². The van der Waals surface area contributed by atoms with Gasteiger partial charge in [0.25, 0.3) is 0 Å². The largest absolute Gasteiger partial charge is 0.390 e. The van der Waals surface area contributed by atoms with Crippen LogP contribution < -0.4 is 10.2 Å². The maximum absolute atomic E-state index is 12.1. The van der Waals surface area contributed by atoms with Crippen molar-refractivity contribution >= 4 is 5.82 Å². The fourth-order valence-electron chi connectivity index (χ4n) is 1.44. The Morgan fingerprint density at radius 1 is 1.26 bits per heavy atom. The topological polar surface area (TPSA) is 41.1 Å².